The van der Waals surface area contributed by atoms with Crippen molar-refractivity contribution in [1.82, 2.24) is 35.3 Å². The van der Waals surface area contributed by atoms with Crippen LogP contribution >= 0.6 is 11.3 Å². The Hall–Kier alpha value is -8.97. The minimum absolute atomic E-state index is 0.0108. The Balaban J connectivity index is 0.660. The van der Waals surface area contributed by atoms with E-state index in [1.807, 2.05) is 40.8 Å². The molecular weight excluding hydrogens is 1270 g/mol. The van der Waals surface area contributed by atoms with Gasteiger partial charge >= 0.3 is 18.0 Å². The van der Waals surface area contributed by atoms with Gasteiger partial charge in [0, 0.05) is 91.9 Å². The molecule has 3 aromatic carbocycles. The van der Waals surface area contributed by atoms with Crippen LogP contribution < -0.4 is 30.3 Å². The summed E-state index contributed by atoms with van der Waals surface area (Å²) in [4.78, 5) is 100.0. The molecule has 4 aliphatic carbocycles. The van der Waals surface area contributed by atoms with Crippen LogP contribution in [0.1, 0.15) is 102 Å². The Morgan fingerprint density at radius 2 is 1.57 bits per heavy atom. The van der Waals surface area contributed by atoms with E-state index in [2.05, 4.69) is 34.8 Å². The number of thiazole rings is 1. The zero-order chi connectivity index (χ0) is 67.8. The first-order chi connectivity index (χ1) is 45.9. The number of amides is 5. The normalized spacial score (nSPS) is 25.6. The summed E-state index contributed by atoms with van der Waals surface area (Å²) in [7, 11) is 0. The molecule has 13 rings (SSSR count). The number of hydrogen-bond donors (Lipinski definition) is 8. The fraction of sp³-hybridized carbons (Fsp3) is 0.463. The van der Waals surface area contributed by atoms with Crippen molar-refractivity contribution in [3.63, 3.8) is 0 Å². The van der Waals surface area contributed by atoms with Crippen molar-refractivity contribution in [3.8, 4) is 22.6 Å². The highest BCUT2D eigenvalue weighted by Crippen LogP contribution is 2.72. The third-order valence-electron chi connectivity index (χ3n) is 18.8. The molecule has 29 heteroatoms. The Labute approximate surface area is 553 Å². The average molecular weight is 1340 g/mol. The number of aromatic carboxylic acids is 1. The monoisotopic (exact) mass is 1340 g/mol. The molecule has 5 amide bonds. The molecule has 508 valence electrons. The van der Waals surface area contributed by atoms with E-state index < -0.39 is 83.8 Å². The summed E-state index contributed by atoms with van der Waals surface area (Å²) >= 11 is 1.33. The van der Waals surface area contributed by atoms with Gasteiger partial charge in [0.2, 0.25) is 12.2 Å². The molecule has 7 aliphatic rings. The highest BCUT2D eigenvalue weighted by molar-refractivity contribution is 7.22. The van der Waals surface area contributed by atoms with E-state index in [9.17, 15) is 59.1 Å². The Bertz CT molecular complexity index is 4000. The molecular formula is C67H74FN9O18S. The predicted molar refractivity (Wildman–Crippen MR) is 340 cm³/mol. The highest BCUT2D eigenvalue weighted by atomic mass is 32.1. The second-order valence-electron chi connectivity index (χ2n) is 26.4. The van der Waals surface area contributed by atoms with Crippen LogP contribution in [0.4, 0.5) is 20.1 Å². The van der Waals surface area contributed by atoms with Crippen LogP contribution in [0, 0.1) is 29.0 Å². The number of nitrogens with one attached hydrogen (secondary N) is 3. The number of fused-ring (bicyclic) bond motifs is 2. The van der Waals surface area contributed by atoms with Crippen molar-refractivity contribution in [2.45, 2.75) is 128 Å². The minimum Gasteiger partial charge on any atom is -0.491 e. The fourth-order valence-electron chi connectivity index (χ4n) is 15.8. The van der Waals surface area contributed by atoms with E-state index in [1.165, 1.54) is 41.7 Å². The summed E-state index contributed by atoms with van der Waals surface area (Å²) in [6.45, 7) is 7.59. The van der Waals surface area contributed by atoms with Crippen LogP contribution in [0.5, 0.6) is 11.5 Å². The van der Waals surface area contributed by atoms with Crippen molar-refractivity contribution in [3.05, 3.63) is 125 Å². The lowest BCUT2D eigenvalue weighted by molar-refractivity contribution is -0.271. The second-order valence-corrected chi connectivity index (χ2v) is 27.4. The number of aliphatic carboxylic acids is 1. The second kappa shape index (κ2) is 27.3. The van der Waals surface area contributed by atoms with Gasteiger partial charge in [-0.1, -0.05) is 37.3 Å². The third-order valence-corrected chi connectivity index (χ3v) is 19.8. The van der Waals surface area contributed by atoms with E-state index in [0.717, 1.165) is 71.5 Å². The maximum atomic E-state index is 15.4. The number of carboxylic acids is 2. The van der Waals surface area contributed by atoms with E-state index in [4.69, 9.17) is 38.5 Å². The number of anilines is 2. The highest BCUT2D eigenvalue weighted by Gasteiger charge is 2.66. The van der Waals surface area contributed by atoms with Crippen LogP contribution in [0.3, 0.4) is 0 Å². The minimum atomic E-state index is -1.94. The van der Waals surface area contributed by atoms with Crippen molar-refractivity contribution >= 4 is 74.2 Å². The van der Waals surface area contributed by atoms with E-state index >= 15 is 4.39 Å². The van der Waals surface area contributed by atoms with Gasteiger partial charge in [0.05, 0.1) is 41.8 Å². The Morgan fingerprint density at radius 3 is 2.32 bits per heavy atom. The summed E-state index contributed by atoms with van der Waals surface area (Å²) < 4.78 is 53.4. The molecule has 6 aromatic rings. The zero-order valence-electron chi connectivity index (χ0n) is 52.9. The molecule has 7 atom stereocenters. The molecule has 1 saturated heterocycles. The number of carbonyl (C=O) groups excluding carboxylic acids is 5. The first-order valence-electron chi connectivity index (χ1n) is 31.7. The van der Waals surface area contributed by atoms with Crippen molar-refractivity contribution in [2.75, 3.05) is 62.8 Å². The quantitative estimate of drug-likeness (QED) is 0.0239. The Morgan fingerprint density at radius 1 is 0.812 bits per heavy atom. The van der Waals surface area contributed by atoms with E-state index in [1.54, 1.807) is 18.3 Å². The number of carbonyl (C=O) groups is 7. The summed E-state index contributed by atoms with van der Waals surface area (Å²) in [6, 6.07) is 18.0. The SMILES string of the molecule is Cc1c(-c2ccc(N3CCc4c(F)ccc(C(=O)Nc5nc6ccccc6s5)c4C3)nc2C(=O)O)cnn1CC12CC3(C)CC(C)(C1)CC(OCCNC(=O)OCc1ccc(O[C@@H]4O[C@H](C(=O)O)[C@@H](O)[C@H](O)[C@H]4O)cc1OCCOCCNC(=O)CCN1C(=O)C=CC1=O)(C3)C2. The predicted octanol–water partition coefficient (Wildman–Crippen LogP) is 5.68. The van der Waals surface area contributed by atoms with Crippen molar-refractivity contribution < 1.29 is 91.9 Å². The first kappa shape index (κ1) is 67.0. The number of hydrogen-bond acceptors (Lipinski definition) is 21. The molecule has 27 nitrogen and oxygen atoms in total. The molecule has 4 saturated carbocycles. The average Bonchev–Trinajstić information content (AvgIpc) is 0.830. The largest absolute Gasteiger partial charge is 0.491 e. The molecule has 3 aliphatic heterocycles. The van der Waals surface area contributed by atoms with Gasteiger partial charge in [-0.05, 0) is 128 Å². The van der Waals surface area contributed by atoms with Gasteiger partial charge in [-0.2, -0.15) is 5.10 Å². The van der Waals surface area contributed by atoms with Crippen LogP contribution in [-0.2, 0) is 64.2 Å². The maximum Gasteiger partial charge on any atom is 0.407 e. The number of benzene rings is 3. The maximum absolute atomic E-state index is 15.4. The number of aliphatic hydroxyl groups is 3. The van der Waals surface area contributed by atoms with Crippen LogP contribution in [-0.4, -0.2) is 181 Å². The number of rotatable bonds is 26. The van der Waals surface area contributed by atoms with Crippen LogP contribution in [0.2, 0.25) is 0 Å². The number of nitrogens with zero attached hydrogens (tertiary/aromatic N) is 6. The van der Waals surface area contributed by atoms with Gasteiger partial charge in [0.1, 0.15) is 54.7 Å². The number of aromatic nitrogens is 4. The molecule has 2 unspecified atom stereocenters. The molecule has 5 fully saturated rings. The lowest BCUT2D eigenvalue weighted by Gasteiger charge is -2.69. The molecule has 8 N–H and O–H groups in total. The zero-order valence-corrected chi connectivity index (χ0v) is 53.7. The van der Waals surface area contributed by atoms with Gasteiger partial charge < -0.3 is 69.5 Å². The number of aliphatic hydroxyl groups excluding tert-OH is 3. The smallest absolute Gasteiger partial charge is 0.407 e. The third kappa shape index (κ3) is 14.3. The number of pyridine rings is 1. The fourth-order valence-corrected chi connectivity index (χ4v) is 16.6. The first-order valence-corrected chi connectivity index (χ1v) is 32.5. The van der Waals surface area contributed by atoms with Gasteiger partial charge in [0.15, 0.2) is 16.9 Å². The van der Waals surface area contributed by atoms with Gasteiger partial charge in [0.25, 0.3) is 17.7 Å². The van der Waals surface area contributed by atoms with E-state index in [0.29, 0.717) is 51.9 Å². The molecule has 0 spiro atoms. The molecule has 3 aromatic heterocycles. The van der Waals surface area contributed by atoms with Gasteiger partial charge in [-0.15, -0.1) is 0 Å². The molecule has 96 heavy (non-hydrogen) atoms. The van der Waals surface area contributed by atoms with Gasteiger partial charge in [-0.25, -0.2) is 28.7 Å². The van der Waals surface area contributed by atoms with Crippen molar-refractivity contribution in [2.24, 2.45) is 16.2 Å². The summed E-state index contributed by atoms with van der Waals surface area (Å²) in [5.74, 6) is -4.59. The number of imide groups is 1. The topological polar surface area (TPSA) is 362 Å². The Kier molecular flexibility index (Phi) is 19.0. The van der Waals surface area contributed by atoms with Crippen molar-refractivity contribution in [1.29, 1.82) is 0 Å². The number of carboxylic acid groups (broad SMARTS) is 2. The lowest BCUT2D eigenvalue weighted by Crippen LogP contribution is -2.64. The molecule has 0 radical (unpaired) electrons. The number of para-hydroxylation sites is 1. The van der Waals surface area contributed by atoms with Crippen LogP contribution in [0.25, 0.3) is 21.3 Å². The standard InChI is InChI=1S/C67H74FN9O18S/c1-37-43(41-11-13-49(73-53(41)59(85)86)75-20-16-40-44(28-75)42(10-12-45(40)68)58(84)74-62-72-46-6-4-5-7-48(46)96-62)27-71-77(37)36-66-31-64(2)30-65(3,32-66)34-67(33-64,35-66)93-23-19-70-63(89)92-29-38-8-9-39(94-61-56(83)54(81)55(82)57(95-61)60(87)88)26-47(38)91-25-24-90-22-18-69-50(78)17-21-76-51(79)14-15-52(76)80/h4-15,26-27,54-57,61,81-83H,16-25,28-36H2,1-3H3,(H,69,78)(H,70,89)(H,85,86)(H,87,88)(H,72,74,84)/t54-,55-,56+,57-,61+,64?,65?,66?,67?/m0/s1. The summed E-state index contributed by atoms with van der Waals surface area (Å²) in [6.07, 6.45) is -0.734. The van der Waals surface area contributed by atoms with Crippen LogP contribution in [0.15, 0.2) is 85.1 Å². The number of ether oxygens (including phenoxy) is 6. The molecule has 6 heterocycles. The summed E-state index contributed by atoms with van der Waals surface area (Å²) in [5, 5.41) is 65.1. The van der Waals surface area contributed by atoms with Gasteiger partial charge in [-0.3, -0.25) is 34.1 Å². The number of alkyl carbamates (subject to hydrolysis) is 1. The summed E-state index contributed by atoms with van der Waals surface area (Å²) in [5.41, 5.74) is 3.03. The molecule has 4 bridgehead atoms. The van der Waals surface area contributed by atoms with E-state index in [-0.39, 0.29) is 111 Å². The number of halogens is 1. The lowest BCUT2D eigenvalue weighted by atomic mass is 9.39.